The molecule has 45 heavy (non-hydrogen) atoms. The molecule has 0 bridgehead atoms. The van der Waals surface area contributed by atoms with Crippen LogP contribution in [0.25, 0.3) is 0 Å². The van der Waals surface area contributed by atoms with Crippen LogP contribution in [-0.2, 0) is 14.4 Å². The van der Waals surface area contributed by atoms with Crippen molar-refractivity contribution >= 4 is 17.9 Å². The normalized spacial score (nSPS) is 11.8. The van der Waals surface area contributed by atoms with Crippen molar-refractivity contribution < 1.29 is 34.2 Å². The molecule has 7 heteroatoms. The lowest BCUT2D eigenvalue weighted by atomic mass is 10.0. The number of carboxylic acid groups (broad SMARTS) is 3. The second-order valence-electron chi connectivity index (χ2n) is 13.5. The summed E-state index contributed by atoms with van der Waals surface area (Å²) in [4.78, 5) is 33.1. The fourth-order valence-corrected chi connectivity index (χ4v) is 6.42. The summed E-state index contributed by atoms with van der Waals surface area (Å²) < 4.78 is 0.859. The Balaban J connectivity index is 4.24. The number of hydrogen-bond donors (Lipinski definition) is 3. The number of aliphatic carboxylic acids is 3. The van der Waals surface area contributed by atoms with Crippen LogP contribution >= 0.6 is 0 Å². The third kappa shape index (κ3) is 31.9. The van der Waals surface area contributed by atoms with Gasteiger partial charge < -0.3 is 19.8 Å². The van der Waals surface area contributed by atoms with E-state index in [2.05, 4.69) is 19.1 Å². The average molecular weight is 639 g/mol. The molecular formula is C38H72NO6+. The van der Waals surface area contributed by atoms with Gasteiger partial charge in [-0.3, -0.25) is 14.4 Å². The van der Waals surface area contributed by atoms with Gasteiger partial charge in [-0.15, -0.1) is 0 Å². The molecule has 0 aliphatic carbocycles. The summed E-state index contributed by atoms with van der Waals surface area (Å²) in [5.41, 5.74) is 0. The van der Waals surface area contributed by atoms with Gasteiger partial charge >= 0.3 is 17.9 Å². The molecule has 0 rings (SSSR count). The summed E-state index contributed by atoms with van der Waals surface area (Å²) in [6.45, 7) is 5.93. The summed E-state index contributed by atoms with van der Waals surface area (Å²) in [6, 6.07) is 0. The maximum absolute atomic E-state index is 11.0. The van der Waals surface area contributed by atoms with Crippen molar-refractivity contribution in [2.75, 3.05) is 26.2 Å². The Morgan fingerprint density at radius 3 is 0.978 bits per heavy atom. The number of nitrogens with zero attached hydrogens (tertiary/aromatic N) is 1. The first kappa shape index (κ1) is 43.1. The molecule has 3 N–H and O–H groups in total. The van der Waals surface area contributed by atoms with Crippen LogP contribution in [0, 0.1) is 0 Å². The zero-order chi connectivity index (χ0) is 33.3. The predicted octanol–water partition coefficient (Wildman–Crippen LogP) is 10.6. The van der Waals surface area contributed by atoms with Gasteiger partial charge in [0, 0.05) is 19.3 Å². The minimum atomic E-state index is -0.769. The molecule has 0 atom stereocenters. The maximum atomic E-state index is 11.0. The fraction of sp³-hybridized carbons (Fsp3) is 0.868. The van der Waals surface area contributed by atoms with Crippen LogP contribution in [0.5, 0.6) is 0 Å². The molecule has 0 aliphatic rings. The molecule has 0 saturated carbocycles. The lowest BCUT2D eigenvalue weighted by Crippen LogP contribution is -2.51. The molecule has 0 aliphatic heterocycles. The van der Waals surface area contributed by atoms with E-state index in [0.29, 0.717) is 19.3 Å². The maximum Gasteiger partial charge on any atom is 0.303 e. The number of carboxylic acids is 3. The highest BCUT2D eigenvalue weighted by molar-refractivity contribution is 5.67. The van der Waals surface area contributed by atoms with Crippen LogP contribution in [0.15, 0.2) is 12.2 Å². The largest absolute Gasteiger partial charge is 0.481 e. The van der Waals surface area contributed by atoms with Gasteiger partial charge in [-0.25, -0.2) is 0 Å². The summed E-state index contributed by atoms with van der Waals surface area (Å²) in [5.74, 6) is -2.31. The second kappa shape index (κ2) is 32.1. The van der Waals surface area contributed by atoms with Crippen molar-refractivity contribution in [1.82, 2.24) is 0 Å². The van der Waals surface area contributed by atoms with E-state index in [1.165, 1.54) is 103 Å². The van der Waals surface area contributed by atoms with E-state index in [1.54, 1.807) is 0 Å². The van der Waals surface area contributed by atoms with Crippen LogP contribution in [0.3, 0.4) is 0 Å². The molecule has 0 unspecified atom stereocenters. The van der Waals surface area contributed by atoms with E-state index in [1.807, 2.05) is 0 Å². The van der Waals surface area contributed by atoms with Crippen LogP contribution < -0.4 is 0 Å². The highest BCUT2D eigenvalue weighted by atomic mass is 16.4. The van der Waals surface area contributed by atoms with E-state index in [9.17, 15) is 14.4 Å². The Kier molecular flexibility index (Phi) is 30.7. The smallest absolute Gasteiger partial charge is 0.303 e. The van der Waals surface area contributed by atoms with Crippen molar-refractivity contribution in [2.24, 2.45) is 0 Å². The minimum absolute atomic E-state index is 0.172. The molecular weight excluding hydrogens is 566 g/mol. The third-order valence-corrected chi connectivity index (χ3v) is 9.21. The van der Waals surface area contributed by atoms with Gasteiger partial charge in [-0.1, -0.05) is 103 Å². The molecule has 0 heterocycles. The average Bonchev–Trinajstić information content (AvgIpc) is 3.00. The van der Waals surface area contributed by atoms with Crippen molar-refractivity contribution in [1.29, 1.82) is 0 Å². The molecule has 0 amide bonds. The van der Waals surface area contributed by atoms with Crippen LogP contribution in [0.2, 0.25) is 0 Å². The zero-order valence-electron chi connectivity index (χ0n) is 29.3. The van der Waals surface area contributed by atoms with Crippen LogP contribution in [0.4, 0.5) is 0 Å². The fourth-order valence-electron chi connectivity index (χ4n) is 6.42. The van der Waals surface area contributed by atoms with Gasteiger partial charge in [-0.05, 0) is 77.0 Å². The summed E-state index contributed by atoms with van der Waals surface area (Å²) in [5, 5.41) is 27.2. The summed E-state index contributed by atoms with van der Waals surface area (Å²) >= 11 is 0. The van der Waals surface area contributed by atoms with E-state index >= 15 is 0 Å². The van der Waals surface area contributed by atoms with Crippen molar-refractivity contribution in [3.05, 3.63) is 12.2 Å². The number of rotatable bonds is 36. The van der Waals surface area contributed by atoms with Crippen LogP contribution in [-0.4, -0.2) is 63.9 Å². The van der Waals surface area contributed by atoms with E-state index in [-0.39, 0.29) is 19.3 Å². The van der Waals surface area contributed by atoms with Gasteiger partial charge in [-0.2, -0.15) is 0 Å². The monoisotopic (exact) mass is 639 g/mol. The van der Waals surface area contributed by atoms with Gasteiger partial charge in [0.1, 0.15) is 0 Å². The number of allylic oxidation sites excluding steroid dienone is 2. The highest BCUT2D eigenvalue weighted by Gasteiger charge is 2.26. The molecule has 0 saturated heterocycles. The van der Waals surface area contributed by atoms with E-state index in [0.717, 1.165) is 69.2 Å². The van der Waals surface area contributed by atoms with Gasteiger partial charge in [0.05, 0.1) is 26.2 Å². The molecule has 0 aromatic heterocycles. The Morgan fingerprint density at radius 1 is 0.400 bits per heavy atom. The molecule has 0 aromatic rings. The van der Waals surface area contributed by atoms with E-state index < -0.39 is 17.9 Å². The Labute approximate surface area is 276 Å². The number of carbonyl (C=O) groups is 3. The van der Waals surface area contributed by atoms with Gasteiger partial charge in [0.2, 0.25) is 0 Å². The number of unbranched alkanes of at least 4 members (excludes halogenated alkanes) is 20. The van der Waals surface area contributed by atoms with Crippen molar-refractivity contribution in [3.63, 3.8) is 0 Å². The quantitative estimate of drug-likeness (QED) is 0.0358. The second-order valence-corrected chi connectivity index (χ2v) is 13.5. The lowest BCUT2D eigenvalue weighted by molar-refractivity contribution is -0.929. The highest BCUT2D eigenvalue weighted by Crippen LogP contribution is 2.19. The first-order chi connectivity index (χ1) is 21.8. The number of hydrogen-bond acceptors (Lipinski definition) is 3. The van der Waals surface area contributed by atoms with E-state index in [4.69, 9.17) is 15.3 Å². The molecule has 0 aromatic carbocycles. The lowest BCUT2D eigenvalue weighted by Gasteiger charge is -2.39. The van der Waals surface area contributed by atoms with Crippen LogP contribution in [0.1, 0.15) is 187 Å². The summed E-state index contributed by atoms with van der Waals surface area (Å²) in [6.07, 6.45) is 34.8. The number of quaternary nitrogens is 1. The zero-order valence-corrected chi connectivity index (χ0v) is 29.3. The van der Waals surface area contributed by atoms with Gasteiger partial charge in [0.25, 0.3) is 0 Å². The van der Waals surface area contributed by atoms with Gasteiger partial charge in [0.15, 0.2) is 0 Å². The first-order valence-corrected chi connectivity index (χ1v) is 19.0. The Morgan fingerprint density at radius 2 is 0.667 bits per heavy atom. The Hall–Kier alpha value is -1.89. The molecule has 7 nitrogen and oxygen atoms in total. The topological polar surface area (TPSA) is 112 Å². The van der Waals surface area contributed by atoms with Crippen molar-refractivity contribution in [2.45, 2.75) is 187 Å². The molecule has 0 fully saturated rings. The first-order valence-electron chi connectivity index (χ1n) is 19.0. The Bertz CT molecular complexity index is 683. The standard InChI is InChI=1S/C38H71NO6/c1-2-3-4-5-6-7-8-9-10-11-12-13-14-15-16-17-18-19-20-21-25-32-39(33-26-22-29-36(40)41,34-27-23-30-37(42)43)35-28-24-31-38(44)45/h16-17H,2-15,18-35H2,1H3,(H2-,40,41,42,43,44,45)/p+1/b17-16+. The van der Waals surface area contributed by atoms with Crippen molar-refractivity contribution in [3.8, 4) is 0 Å². The third-order valence-electron chi connectivity index (χ3n) is 9.21. The summed E-state index contributed by atoms with van der Waals surface area (Å²) in [7, 11) is 0. The predicted molar refractivity (Wildman–Crippen MR) is 187 cm³/mol. The molecule has 0 radical (unpaired) electrons. The molecule has 0 spiro atoms. The minimum Gasteiger partial charge on any atom is -0.481 e. The SMILES string of the molecule is CCCCCCCCCCCCCCC/C=C/CCCCCC[N+](CCCCC(=O)O)(CCCCC(=O)O)CCCCC(=O)O. The molecule has 264 valence electrons.